The van der Waals surface area contributed by atoms with Crippen molar-refractivity contribution in [2.75, 3.05) is 13.1 Å². The quantitative estimate of drug-likeness (QED) is 0.564. The zero-order chi connectivity index (χ0) is 7.78. The third kappa shape index (κ3) is 1.32. The molecule has 1 heterocycles. The van der Waals surface area contributed by atoms with Gasteiger partial charge < -0.3 is 10.4 Å². The van der Waals surface area contributed by atoms with Crippen molar-refractivity contribution in [3.8, 4) is 0 Å². The van der Waals surface area contributed by atoms with E-state index in [0.717, 1.165) is 13.1 Å². The molecule has 1 rings (SSSR count). The summed E-state index contributed by atoms with van der Waals surface area (Å²) >= 11 is 0. The highest BCUT2D eigenvalue weighted by molar-refractivity contribution is 4.93. The van der Waals surface area contributed by atoms with Gasteiger partial charge in [-0.05, 0) is 12.8 Å². The van der Waals surface area contributed by atoms with E-state index in [9.17, 15) is 5.11 Å². The molecule has 0 spiro atoms. The van der Waals surface area contributed by atoms with Gasteiger partial charge in [0, 0.05) is 19.0 Å². The van der Waals surface area contributed by atoms with Crippen LogP contribution in [0, 0.1) is 11.8 Å². The van der Waals surface area contributed by atoms with E-state index in [1.54, 1.807) is 0 Å². The second kappa shape index (κ2) is 2.51. The summed E-state index contributed by atoms with van der Waals surface area (Å²) in [7, 11) is 0. The molecule has 2 atom stereocenters. The van der Waals surface area contributed by atoms with E-state index >= 15 is 0 Å². The number of β-amino-alcohol motifs (C(OH)–C–C–N with tert-alkyl or cyclic N) is 1. The molecule has 0 amide bonds. The van der Waals surface area contributed by atoms with E-state index in [1.165, 1.54) is 0 Å². The van der Waals surface area contributed by atoms with Crippen molar-refractivity contribution < 1.29 is 5.11 Å². The van der Waals surface area contributed by atoms with Crippen molar-refractivity contribution in [1.29, 1.82) is 0 Å². The van der Waals surface area contributed by atoms with Gasteiger partial charge in [0.2, 0.25) is 0 Å². The molecular weight excluding hydrogens is 126 g/mol. The number of hydrogen-bond acceptors (Lipinski definition) is 2. The highest BCUT2D eigenvalue weighted by atomic mass is 16.3. The predicted octanol–water partition coefficient (Wildman–Crippen LogP) is 0.613. The van der Waals surface area contributed by atoms with E-state index in [1.807, 2.05) is 6.92 Å². The Labute approximate surface area is 62.6 Å². The third-order valence-electron chi connectivity index (χ3n) is 2.45. The fourth-order valence-electron chi connectivity index (χ4n) is 1.79. The Kier molecular flexibility index (Phi) is 2.02. The highest BCUT2D eigenvalue weighted by Crippen LogP contribution is 2.27. The molecule has 1 fully saturated rings. The monoisotopic (exact) mass is 143 g/mol. The fraction of sp³-hybridized carbons (Fsp3) is 1.00. The minimum absolute atomic E-state index is 0.424. The van der Waals surface area contributed by atoms with Gasteiger partial charge in [0.15, 0.2) is 0 Å². The summed E-state index contributed by atoms with van der Waals surface area (Å²) in [5.74, 6) is 0.998. The summed E-state index contributed by atoms with van der Waals surface area (Å²) in [6.45, 7) is 7.94. The average molecular weight is 143 g/mol. The third-order valence-corrected chi connectivity index (χ3v) is 2.45. The normalized spacial score (nSPS) is 41.1. The maximum atomic E-state index is 9.76. The number of hydrogen-bond donors (Lipinski definition) is 2. The molecule has 1 aliphatic heterocycles. The topological polar surface area (TPSA) is 32.3 Å². The van der Waals surface area contributed by atoms with Gasteiger partial charge in [-0.1, -0.05) is 13.8 Å². The summed E-state index contributed by atoms with van der Waals surface area (Å²) in [5, 5.41) is 13.0. The van der Waals surface area contributed by atoms with Gasteiger partial charge in [0.1, 0.15) is 0 Å². The Bertz CT molecular complexity index is 120. The number of aliphatic hydroxyl groups is 1. The van der Waals surface area contributed by atoms with Crippen LogP contribution in [0.25, 0.3) is 0 Å². The van der Waals surface area contributed by atoms with Crippen molar-refractivity contribution in [2.24, 2.45) is 11.8 Å². The molecule has 0 aromatic heterocycles. The van der Waals surface area contributed by atoms with Crippen LogP contribution in [0.5, 0.6) is 0 Å². The molecule has 1 saturated heterocycles. The summed E-state index contributed by atoms with van der Waals surface area (Å²) in [6, 6.07) is 0. The van der Waals surface area contributed by atoms with Crippen LogP contribution in [0.15, 0.2) is 0 Å². The molecule has 2 N–H and O–H groups in total. The van der Waals surface area contributed by atoms with Crippen molar-refractivity contribution in [1.82, 2.24) is 5.32 Å². The Hall–Kier alpha value is -0.0800. The van der Waals surface area contributed by atoms with Crippen molar-refractivity contribution in [2.45, 2.75) is 26.4 Å². The largest absolute Gasteiger partial charge is 0.389 e. The fourth-order valence-corrected chi connectivity index (χ4v) is 1.79. The lowest BCUT2D eigenvalue weighted by atomic mass is 9.84. The van der Waals surface area contributed by atoms with Gasteiger partial charge in [0.25, 0.3) is 0 Å². The molecule has 60 valence electrons. The zero-order valence-corrected chi connectivity index (χ0v) is 7.02. The van der Waals surface area contributed by atoms with Gasteiger partial charge in [-0.25, -0.2) is 0 Å². The lowest BCUT2D eigenvalue weighted by Gasteiger charge is -2.27. The Morgan fingerprint density at radius 1 is 1.60 bits per heavy atom. The minimum atomic E-state index is -0.478. The van der Waals surface area contributed by atoms with Gasteiger partial charge >= 0.3 is 0 Å². The predicted molar refractivity (Wildman–Crippen MR) is 41.8 cm³/mol. The van der Waals surface area contributed by atoms with Gasteiger partial charge in [-0.15, -0.1) is 0 Å². The Balaban J connectivity index is 2.59. The van der Waals surface area contributed by atoms with Crippen LogP contribution in [-0.2, 0) is 0 Å². The van der Waals surface area contributed by atoms with Crippen molar-refractivity contribution in [3.63, 3.8) is 0 Å². The summed E-state index contributed by atoms with van der Waals surface area (Å²) in [4.78, 5) is 0. The maximum Gasteiger partial charge on any atom is 0.0786 e. The highest BCUT2D eigenvalue weighted by Gasteiger charge is 2.38. The molecule has 0 bridgehead atoms. The van der Waals surface area contributed by atoms with Crippen molar-refractivity contribution in [3.05, 3.63) is 0 Å². The second-order valence-corrected chi connectivity index (χ2v) is 3.84. The molecule has 0 aromatic carbocycles. The van der Waals surface area contributed by atoms with Gasteiger partial charge in [-0.2, -0.15) is 0 Å². The van der Waals surface area contributed by atoms with Gasteiger partial charge in [0.05, 0.1) is 5.60 Å². The lowest BCUT2D eigenvalue weighted by Crippen LogP contribution is -2.36. The summed E-state index contributed by atoms with van der Waals surface area (Å²) in [6.07, 6.45) is 0. The first kappa shape index (κ1) is 8.02. The van der Waals surface area contributed by atoms with Crippen LogP contribution in [0.3, 0.4) is 0 Å². The maximum absolute atomic E-state index is 9.76. The van der Waals surface area contributed by atoms with E-state index < -0.39 is 5.60 Å². The van der Waals surface area contributed by atoms with E-state index in [-0.39, 0.29) is 0 Å². The molecule has 10 heavy (non-hydrogen) atoms. The summed E-state index contributed by atoms with van der Waals surface area (Å²) in [5.41, 5.74) is -0.478. The first-order chi connectivity index (χ1) is 4.54. The minimum Gasteiger partial charge on any atom is -0.389 e. The Morgan fingerprint density at radius 2 is 2.20 bits per heavy atom. The van der Waals surface area contributed by atoms with Crippen LogP contribution in [0.2, 0.25) is 0 Å². The molecule has 0 aliphatic carbocycles. The van der Waals surface area contributed by atoms with E-state index in [0.29, 0.717) is 11.8 Å². The van der Waals surface area contributed by atoms with Crippen molar-refractivity contribution >= 4 is 0 Å². The standard InChI is InChI=1S/C8H17NO/c1-6(2)7-4-9-5-8(7,3)10/h6-7,9-10H,4-5H2,1-3H3. The summed E-state index contributed by atoms with van der Waals surface area (Å²) < 4.78 is 0. The first-order valence-corrected chi connectivity index (χ1v) is 3.97. The van der Waals surface area contributed by atoms with Crippen LogP contribution < -0.4 is 5.32 Å². The molecule has 0 radical (unpaired) electrons. The van der Waals surface area contributed by atoms with Crippen LogP contribution in [-0.4, -0.2) is 23.8 Å². The van der Waals surface area contributed by atoms with Crippen LogP contribution in [0.4, 0.5) is 0 Å². The molecule has 2 heteroatoms. The Morgan fingerprint density at radius 3 is 2.40 bits per heavy atom. The smallest absolute Gasteiger partial charge is 0.0786 e. The lowest BCUT2D eigenvalue weighted by molar-refractivity contribution is 0.0179. The van der Waals surface area contributed by atoms with E-state index in [2.05, 4.69) is 19.2 Å². The van der Waals surface area contributed by atoms with Crippen LogP contribution in [0.1, 0.15) is 20.8 Å². The molecule has 1 aliphatic rings. The average Bonchev–Trinajstić information content (AvgIpc) is 2.08. The van der Waals surface area contributed by atoms with Crippen LogP contribution >= 0.6 is 0 Å². The van der Waals surface area contributed by atoms with E-state index in [4.69, 9.17) is 0 Å². The SMILES string of the molecule is CC(C)C1CNCC1(C)O. The second-order valence-electron chi connectivity index (χ2n) is 3.84. The molecule has 0 saturated carbocycles. The molecule has 0 aromatic rings. The van der Waals surface area contributed by atoms with Gasteiger partial charge in [-0.3, -0.25) is 0 Å². The number of rotatable bonds is 1. The molecule has 2 unspecified atom stereocenters. The number of nitrogens with one attached hydrogen (secondary N) is 1. The zero-order valence-electron chi connectivity index (χ0n) is 7.02. The first-order valence-electron chi connectivity index (χ1n) is 3.97. The molecule has 2 nitrogen and oxygen atoms in total. The molecular formula is C8H17NO.